The lowest BCUT2D eigenvalue weighted by molar-refractivity contribution is 1.10. The summed E-state index contributed by atoms with van der Waals surface area (Å²) in [5.74, 6) is 0. The highest BCUT2D eigenvalue weighted by Gasteiger charge is 2.51. The van der Waals surface area contributed by atoms with Gasteiger partial charge in [0.1, 0.15) is 0 Å². The molecule has 0 saturated carbocycles. The van der Waals surface area contributed by atoms with Crippen molar-refractivity contribution in [1.29, 1.82) is 0 Å². The zero-order valence-corrected chi connectivity index (χ0v) is 45.1. The molecule has 0 amide bonds. The normalized spacial score (nSPS) is 13.0. The molecule has 0 saturated heterocycles. The molecular weight excluding hydrogens is 1000 g/mol. The largest absolute Gasteiger partial charge is 0.312 e. The van der Waals surface area contributed by atoms with Crippen LogP contribution in [0.25, 0.3) is 122 Å². The molecule has 2 aromatic heterocycles. The summed E-state index contributed by atoms with van der Waals surface area (Å²) in [4.78, 5) is 2.69. The average molecular weight is 1050 g/mol. The van der Waals surface area contributed by atoms with Crippen LogP contribution in [0.3, 0.4) is 0 Å². The van der Waals surface area contributed by atoms with E-state index in [1.807, 2.05) is 0 Å². The SMILES string of the molecule is c1ccc(-c2ccc3c(c2)c2cc(-c4ccccc4)ccc2n3-c2cc3c4c(c2-n2c5ccc(-c6ccccc6)cc5c5cc(-c6ccccc6)ccc52)B2c5ccccc5-c5cccc(c52)N4c2cccc4c2B3c2ccccc2-4)cc1. The van der Waals surface area contributed by atoms with Gasteiger partial charge in [0.2, 0.25) is 6.71 Å². The maximum Gasteiger partial charge on any atom is 0.251 e. The Balaban J connectivity index is 1.03. The summed E-state index contributed by atoms with van der Waals surface area (Å²) in [6.07, 6.45) is 0. The first-order chi connectivity index (χ1) is 41.2. The molecule has 5 heteroatoms. The smallest absolute Gasteiger partial charge is 0.251 e. The zero-order valence-electron chi connectivity index (χ0n) is 45.1. The number of hydrogen-bond donors (Lipinski definition) is 0. The number of hydrogen-bond acceptors (Lipinski definition) is 1. The molecule has 380 valence electrons. The molecule has 0 fully saturated rings. The molecule has 4 aliphatic rings. The number of nitrogens with zero attached hydrogens (tertiary/aromatic N) is 3. The molecule has 0 atom stereocenters. The Bertz CT molecular complexity index is 5070. The van der Waals surface area contributed by atoms with Crippen LogP contribution in [0, 0.1) is 0 Å². The highest BCUT2D eigenvalue weighted by molar-refractivity contribution is 7.06. The molecule has 0 aliphatic carbocycles. The average Bonchev–Trinajstić information content (AvgIpc) is 2.30. The van der Waals surface area contributed by atoms with Crippen molar-refractivity contribution in [2.24, 2.45) is 0 Å². The second-order valence-corrected chi connectivity index (χ2v) is 23.0. The van der Waals surface area contributed by atoms with Gasteiger partial charge >= 0.3 is 0 Å². The van der Waals surface area contributed by atoms with Crippen LogP contribution in [-0.2, 0) is 0 Å². The molecule has 15 aromatic rings. The van der Waals surface area contributed by atoms with Gasteiger partial charge in [-0.15, -0.1) is 0 Å². The topological polar surface area (TPSA) is 13.1 Å². The summed E-state index contributed by atoms with van der Waals surface area (Å²) in [6.45, 7) is -0.0834. The van der Waals surface area contributed by atoms with Crippen molar-refractivity contribution in [3.05, 3.63) is 285 Å². The second kappa shape index (κ2) is 17.0. The van der Waals surface area contributed by atoms with Crippen molar-refractivity contribution in [3.63, 3.8) is 0 Å². The van der Waals surface area contributed by atoms with Crippen molar-refractivity contribution in [2.75, 3.05) is 4.90 Å². The van der Waals surface area contributed by atoms with Crippen molar-refractivity contribution < 1.29 is 0 Å². The van der Waals surface area contributed by atoms with Crippen molar-refractivity contribution in [1.82, 2.24) is 9.13 Å². The van der Waals surface area contributed by atoms with E-state index in [1.165, 1.54) is 166 Å². The van der Waals surface area contributed by atoms with Crippen LogP contribution in [0.1, 0.15) is 0 Å². The van der Waals surface area contributed by atoms with Gasteiger partial charge in [-0.3, -0.25) is 0 Å². The Morgan fingerprint density at radius 3 is 1.01 bits per heavy atom. The van der Waals surface area contributed by atoms with Gasteiger partial charge < -0.3 is 14.0 Å². The van der Waals surface area contributed by atoms with Gasteiger partial charge in [-0.25, -0.2) is 0 Å². The number of fused-ring (bicyclic) bond motifs is 16. The molecule has 0 bridgehead atoms. The standard InChI is InChI=1S/C78H47B2N3/c1-5-19-48(20-6-1)52-35-39-67-60(43-52)61-44-53(49-21-7-2-8-22-49)36-40-68(61)81(67)73-47-66-77-76(78(73)82-69-41-37-54(50-23-9-3-10-24-50)45-62(69)63-46-55(38-42-70(63)82)51-25-11-4-12-26-51)80-65-32-16-14-28-57(65)59-30-18-34-72(75(59)80)83(77)71-33-17-29-58-56-27-13-15-31-64(56)79(66)74(58)71/h1-47H. The molecule has 19 rings (SSSR count). The van der Waals surface area contributed by atoms with Gasteiger partial charge in [0, 0.05) is 38.6 Å². The first-order valence-corrected chi connectivity index (χ1v) is 29.1. The predicted octanol–water partition coefficient (Wildman–Crippen LogP) is 15.6. The summed E-state index contributed by atoms with van der Waals surface area (Å²) in [6, 6.07) is 108. The maximum absolute atomic E-state index is 2.69. The van der Waals surface area contributed by atoms with Crippen molar-refractivity contribution in [2.45, 2.75) is 0 Å². The van der Waals surface area contributed by atoms with Crippen LogP contribution < -0.4 is 37.7 Å². The molecule has 13 aromatic carbocycles. The third-order valence-electron chi connectivity index (χ3n) is 18.9. The Morgan fingerprint density at radius 2 is 0.578 bits per heavy atom. The van der Waals surface area contributed by atoms with Gasteiger partial charge in [0.05, 0.1) is 33.4 Å². The van der Waals surface area contributed by atoms with E-state index in [9.17, 15) is 0 Å². The molecule has 3 nitrogen and oxygen atoms in total. The summed E-state index contributed by atoms with van der Waals surface area (Å²) in [5.41, 5.74) is 33.8. The summed E-state index contributed by atoms with van der Waals surface area (Å²) >= 11 is 0. The number of anilines is 3. The van der Waals surface area contributed by atoms with E-state index < -0.39 is 0 Å². The van der Waals surface area contributed by atoms with Crippen LogP contribution in [0.4, 0.5) is 17.1 Å². The van der Waals surface area contributed by atoms with Gasteiger partial charge in [-0.2, -0.15) is 0 Å². The van der Waals surface area contributed by atoms with Crippen LogP contribution in [0.15, 0.2) is 285 Å². The minimum absolute atomic E-state index is 0.000881. The Hall–Kier alpha value is -10.6. The van der Waals surface area contributed by atoms with E-state index in [2.05, 4.69) is 299 Å². The van der Waals surface area contributed by atoms with E-state index in [1.54, 1.807) is 0 Å². The first-order valence-electron chi connectivity index (χ1n) is 29.1. The van der Waals surface area contributed by atoms with Crippen molar-refractivity contribution in [3.8, 4) is 78.1 Å². The summed E-state index contributed by atoms with van der Waals surface area (Å²) in [5, 5.41) is 4.88. The fourth-order valence-corrected chi connectivity index (χ4v) is 15.5. The van der Waals surface area contributed by atoms with Crippen molar-refractivity contribution >= 4 is 107 Å². The monoisotopic (exact) mass is 1050 g/mol. The van der Waals surface area contributed by atoms with E-state index in [0.29, 0.717) is 0 Å². The van der Waals surface area contributed by atoms with Crippen LogP contribution >= 0.6 is 0 Å². The Labute approximate surface area is 481 Å². The maximum atomic E-state index is 2.69. The summed E-state index contributed by atoms with van der Waals surface area (Å²) < 4.78 is 5.35. The van der Waals surface area contributed by atoms with Gasteiger partial charge in [-0.1, -0.05) is 229 Å². The molecule has 0 spiro atoms. The Kier molecular flexibility index (Phi) is 9.23. The lowest BCUT2D eigenvalue weighted by Gasteiger charge is -2.44. The van der Waals surface area contributed by atoms with E-state index in [4.69, 9.17) is 0 Å². The number of rotatable bonds is 6. The lowest BCUT2D eigenvalue weighted by Crippen LogP contribution is -2.63. The highest BCUT2D eigenvalue weighted by atomic mass is 15.2. The quantitative estimate of drug-likeness (QED) is 0.151. The van der Waals surface area contributed by atoms with E-state index in [0.717, 1.165) is 5.69 Å². The third kappa shape index (κ3) is 6.20. The Morgan fingerprint density at radius 1 is 0.217 bits per heavy atom. The minimum atomic E-state index is -0.0825. The van der Waals surface area contributed by atoms with E-state index >= 15 is 0 Å². The van der Waals surface area contributed by atoms with Crippen LogP contribution in [0.5, 0.6) is 0 Å². The molecule has 4 aliphatic heterocycles. The van der Waals surface area contributed by atoms with Gasteiger partial charge in [0.25, 0.3) is 6.71 Å². The van der Waals surface area contributed by atoms with Crippen LogP contribution in [0.2, 0.25) is 0 Å². The molecule has 6 heterocycles. The fourth-order valence-electron chi connectivity index (χ4n) is 15.5. The zero-order chi connectivity index (χ0) is 54.0. The molecule has 0 N–H and O–H groups in total. The van der Waals surface area contributed by atoms with Gasteiger partial charge in [-0.05, 0) is 155 Å². The first kappa shape index (κ1) is 45.2. The molecule has 0 radical (unpaired) electrons. The van der Waals surface area contributed by atoms with Crippen LogP contribution in [-0.4, -0.2) is 22.6 Å². The van der Waals surface area contributed by atoms with E-state index in [-0.39, 0.29) is 13.4 Å². The molecule has 83 heavy (non-hydrogen) atoms. The third-order valence-corrected chi connectivity index (χ3v) is 18.9. The summed E-state index contributed by atoms with van der Waals surface area (Å²) in [7, 11) is 0. The highest BCUT2D eigenvalue weighted by Crippen LogP contribution is 2.49. The number of benzene rings is 13. The molecule has 0 unspecified atom stereocenters. The number of aromatic nitrogens is 2. The predicted molar refractivity (Wildman–Crippen MR) is 352 cm³/mol. The molecular formula is C78H47B2N3. The van der Waals surface area contributed by atoms with Gasteiger partial charge in [0.15, 0.2) is 0 Å². The lowest BCUT2D eigenvalue weighted by atomic mass is 9.32. The second-order valence-electron chi connectivity index (χ2n) is 23.0. The minimum Gasteiger partial charge on any atom is -0.312 e. The fraction of sp³-hybridized carbons (Fsp3) is 0.